The molecule has 5 heterocycles. The number of aromatic nitrogens is 8. The average Bonchev–Trinajstić information content (AvgIpc) is 1.66. The summed E-state index contributed by atoms with van der Waals surface area (Å²) in [6.07, 6.45) is 36.3. The summed E-state index contributed by atoms with van der Waals surface area (Å²) in [5, 5.41) is 12.2. The van der Waals surface area contributed by atoms with Crippen molar-refractivity contribution >= 4 is 110 Å². The minimum Gasteiger partial charge on any atom is -0.357 e. The predicted molar refractivity (Wildman–Crippen MR) is 536 cm³/mol. The van der Waals surface area contributed by atoms with E-state index in [9.17, 15) is 13.2 Å². The van der Waals surface area contributed by atoms with E-state index in [4.69, 9.17) is 43.5 Å². The van der Waals surface area contributed by atoms with E-state index in [1.54, 1.807) is 18.2 Å². The molecule has 0 unspecified atom stereocenters. The first-order valence-corrected chi connectivity index (χ1v) is 49.0. The number of halogens is 3. The first-order chi connectivity index (χ1) is 62.1. The van der Waals surface area contributed by atoms with Crippen LogP contribution >= 0.6 is 0 Å². The molecule has 15 heteroatoms. The molecule has 0 aliphatic carbocycles. The molecular formula is C112H141BF3N9OV. The second kappa shape index (κ2) is 53.7. The van der Waals surface area contributed by atoms with Crippen LogP contribution in [0.15, 0.2) is 218 Å². The van der Waals surface area contributed by atoms with Gasteiger partial charge in [-0.25, -0.2) is 23.1 Å². The number of fused-ring (bicyclic) bond motifs is 24. The van der Waals surface area contributed by atoms with E-state index in [0.717, 1.165) is 146 Å². The van der Waals surface area contributed by atoms with E-state index in [2.05, 4.69) is 187 Å². The molecule has 8 bridgehead atoms. The van der Waals surface area contributed by atoms with Crippen molar-refractivity contribution < 1.29 is 38.7 Å². The molecule has 0 fully saturated rings. The number of nitrogens with zero attached hydrogens (tertiary/aromatic N) is 9. The average molecular weight is 1750 g/mol. The smallest absolute Gasteiger partial charge is 0.0928 e. The number of quaternary nitrogens is 1. The zero-order chi connectivity index (χ0) is 90.8. The van der Waals surface area contributed by atoms with Gasteiger partial charge in [-0.05, 0) is 157 Å². The third-order valence-electron chi connectivity index (χ3n) is 24.7. The van der Waals surface area contributed by atoms with E-state index in [0.29, 0.717) is 52.2 Å². The molecule has 0 amide bonds. The quantitative estimate of drug-likeness (QED) is 0.0230. The Hall–Kier alpha value is -9.98. The Morgan fingerprint density at radius 3 is 0.677 bits per heavy atom. The normalized spacial score (nSPS) is 11.3. The summed E-state index contributed by atoms with van der Waals surface area (Å²) in [5.74, 6) is 1.11. The summed E-state index contributed by atoms with van der Waals surface area (Å²) in [5.41, 5.74) is 7.98. The van der Waals surface area contributed by atoms with E-state index < -0.39 is 6.15 Å². The Balaban J connectivity index is 0.000000213. The molecule has 0 saturated carbocycles. The molecule has 669 valence electrons. The van der Waals surface area contributed by atoms with Crippen molar-refractivity contribution in [2.24, 2.45) is 0 Å². The van der Waals surface area contributed by atoms with E-state index in [-0.39, 0.29) is 17.5 Å². The largest absolute Gasteiger partial charge is 0.357 e. The molecule has 0 saturated heterocycles. The van der Waals surface area contributed by atoms with Gasteiger partial charge in [0.1, 0.15) is 17.5 Å². The molecule has 10 nitrogen and oxygen atoms in total. The van der Waals surface area contributed by atoms with Crippen molar-refractivity contribution in [2.45, 2.75) is 276 Å². The van der Waals surface area contributed by atoms with Crippen molar-refractivity contribution in [1.29, 1.82) is 0 Å². The summed E-state index contributed by atoms with van der Waals surface area (Å²) in [6, 6.07) is 69.8. The SMILES string of the molecule is CCCCCC.CCCCCC.CCCCCC.CCCCCC.CCCCCC[B-](c1cccc(F)c1)(c1cccc(F)c1)c1cccc(F)c1.CCCC[N+](CCCC)(CCCC)CCCC.[O]=[V+2].c1ccc2cc3c(cc2c1)-c1nc-3nc2[n-]c(nc3nc(nc4[n-]c(n1)c1cc5ccccc5cc41)-c1cc4ccccc4cc1-3)c1cc3ccccc3cc21. The zero-order valence-corrected chi connectivity index (χ0v) is 80.1. The van der Waals surface area contributed by atoms with Gasteiger partial charge in [-0.3, -0.25) is 0 Å². The van der Waals surface area contributed by atoms with E-state index in [1.807, 2.05) is 66.7 Å². The van der Waals surface area contributed by atoms with Crippen LogP contribution in [0.5, 0.6) is 0 Å². The fourth-order valence-corrected chi connectivity index (χ4v) is 17.4. The van der Waals surface area contributed by atoms with Crippen LogP contribution < -0.4 is 26.4 Å². The first-order valence-electron chi connectivity index (χ1n) is 48.5. The second-order valence-corrected chi connectivity index (χ2v) is 34.5. The fourth-order valence-electron chi connectivity index (χ4n) is 17.4. The van der Waals surface area contributed by atoms with Gasteiger partial charge in [0.05, 0.1) is 55.6 Å². The van der Waals surface area contributed by atoms with Crippen LogP contribution in [0.1, 0.15) is 270 Å². The molecule has 0 atom stereocenters. The van der Waals surface area contributed by atoms with Crippen LogP contribution in [-0.4, -0.2) is 66.7 Å². The Morgan fingerprint density at radius 1 is 0.252 bits per heavy atom. The number of hydrogen-bond donors (Lipinski definition) is 0. The van der Waals surface area contributed by atoms with Gasteiger partial charge in [0.25, 0.3) is 0 Å². The Bertz CT molecular complexity index is 5210. The van der Waals surface area contributed by atoms with Gasteiger partial charge in [-0.15, -0.1) is 0 Å². The van der Waals surface area contributed by atoms with Gasteiger partial charge in [0.2, 0.25) is 0 Å². The number of unbranched alkanes of at least 4 members (excludes halogenated alkanes) is 19. The van der Waals surface area contributed by atoms with Crippen LogP contribution in [0.25, 0.3) is 133 Å². The molecule has 3 aromatic heterocycles. The van der Waals surface area contributed by atoms with Crippen molar-refractivity contribution in [3.63, 3.8) is 0 Å². The summed E-state index contributed by atoms with van der Waals surface area (Å²) in [7, 11) is 0. The summed E-state index contributed by atoms with van der Waals surface area (Å²) in [6.45, 7) is 35.0. The Morgan fingerprint density at radius 2 is 0.465 bits per heavy atom. The maximum Gasteiger partial charge on any atom is 0.0928 e. The van der Waals surface area contributed by atoms with Crippen molar-refractivity contribution in [2.75, 3.05) is 26.2 Å². The maximum atomic E-state index is 14.2. The van der Waals surface area contributed by atoms with Gasteiger partial charge in [0.15, 0.2) is 0 Å². The van der Waals surface area contributed by atoms with Gasteiger partial charge in [0, 0.05) is 44.8 Å². The molecule has 16 rings (SSSR count). The first kappa shape index (κ1) is 101. The molecule has 2 aliphatic rings. The number of hydrogen-bond acceptors (Lipinski definition) is 7. The van der Waals surface area contributed by atoms with Gasteiger partial charge < -0.3 is 34.4 Å². The topological polar surface area (TPSA) is 123 Å². The predicted octanol–water partition coefficient (Wildman–Crippen LogP) is 31.1. The van der Waals surface area contributed by atoms with E-state index in [1.165, 1.54) is 221 Å². The Kier molecular flexibility index (Phi) is 42.6. The third kappa shape index (κ3) is 27.8. The van der Waals surface area contributed by atoms with E-state index >= 15 is 0 Å². The van der Waals surface area contributed by atoms with Crippen molar-refractivity contribution in [3.05, 3.63) is 236 Å². The second-order valence-electron chi connectivity index (χ2n) is 34.5. The Labute approximate surface area is 766 Å². The van der Waals surface area contributed by atoms with Gasteiger partial charge in [-0.2, -0.15) is 22.7 Å². The monoisotopic (exact) mass is 1750 g/mol. The number of rotatable bonds is 32. The number of benzene rings is 11. The molecule has 0 spiro atoms. The third-order valence-corrected chi connectivity index (χ3v) is 24.7. The summed E-state index contributed by atoms with van der Waals surface area (Å²) in [4.78, 5) is 41.6. The zero-order valence-electron chi connectivity index (χ0n) is 78.7. The van der Waals surface area contributed by atoms with Crippen molar-refractivity contribution in [1.82, 2.24) is 39.9 Å². The molecule has 0 N–H and O–H groups in total. The molecule has 14 aromatic rings. The van der Waals surface area contributed by atoms with Crippen LogP contribution in [-0.2, 0) is 21.0 Å². The van der Waals surface area contributed by atoms with Crippen molar-refractivity contribution in [3.8, 4) is 45.6 Å². The van der Waals surface area contributed by atoms with Crippen LogP contribution in [0.4, 0.5) is 13.2 Å². The minimum absolute atomic E-state index is 0.342. The molecule has 2 aliphatic heterocycles. The van der Waals surface area contributed by atoms with Gasteiger partial charge in [-0.1, -0.05) is 396 Å². The van der Waals surface area contributed by atoms with Gasteiger partial charge >= 0.3 is 21.0 Å². The molecule has 11 aromatic carbocycles. The summed E-state index contributed by atoms with van der Waals surface area (Å²) >= 11 is 1.06. The molecule has 127 heavy (non-hydrogen) atoms. The van der Waals surface area contributed by atoms with Crippen LogP contribution in [0, 0.1) is 17.5 Å². The summed E-state index contributed by atoms with van der Waals surface area (Å²) < 4.78 is 52.2. The minimum atomic E-state index is -1.71. The standard InChI is InChI=1S/C48H24N8.C24H25BF3.C16H36N.4C6H14.O.V/c1-2-10-26-18-34-33(17-25(26)9-1)41-49-42(34)54-44-37-21-29-13-5-6-14-30(29)22-38(37)46(51-44)56-48-40-24-32-16-8-7-15-31(32)23-39(40)47(52-48)55-45-36-20-28-12-4-3-11-27(28)19-35(36)43(50-45)53-41;1-2-3-4-5-15-25(19-9-6-12-22(26)16-19,20-10-7-13-23(27)17-20)21-11-8-14-24(28)18-21;1-5-9-13-17(14-10-6-2,15-11-7-3)16-12-8-4;4*1-3-5-6-4-2;;/h1-24H;6-14,16-18H,2-5,15H2,1H3;5-16H2,1-4H3;4*3-6H2,1-2H3;;/q-2;-1;+1;;;;;;+2. The molecular weight excluding hydrogens is 1610 g/mol. The van der Waals surface area contributed by atoms with Crippen LogP contribution in [0.2, 0.25) is 6.32 Å². The molecule has 0 radical (unpaired) electrons. The maximum absolute atomic E-state index is 14.2. The fraction of sp³-hybridized carbons (Fsp3) is 0.411. The van der Waals surface area contributed by atoms with Crippen LogP contribution in [0.3, 0.4) is 0 Å².